The molecule has 0 heterocycles. The van der Waals surface area contributed by atoms with Crippen LogP contribution in [0.2, 0.25) is 0 Å². The average molecular weight is 343 g/mol. The summed E-state index contributed by atoms with van der Waals surface area (Å²) in [6, 6.07) is 0. The molecule has 0 aliphatic heterocycles. The summed E-state index contributed by atoms with van der Waals surface area (Å²) in [6.45, 7) is 11.3. The van der Waals surface area contributed by atoms with E-state index >= 15 is 0 Å². The number of carbonyl (C=O) groups excluding carboxylic acids is 2. The zero-order valence-electron chi connectivity index (χ0n) is 16.7. The first-order valence-electron chi connectivity index (χ1n) is 10.4. The number of Topliss-reactive ketones (excluding diaryl/α,β-unsaturated/α-hetero) is 1. The van der Waals surface area contributed by atoms with Gasteiger partial charge in [0.05, 0.1) is 0 Å². The molecule has 4 aliphatic rings. The van der Waals surface area contributed by atoms with Gasteiger partial charge in [0.25, 0.3) is 0 Å². The molecule has 0 amide bonds. The molecular weight excluding hydrogens is 308 g/mol. The van der Waals surface area contributed by atoms with Crippen molar-refractivity contribution in [1.82, 2.24) is 0 Å². The molecule has 0 aromatic rings. The quantitative estimate of drug-likeness (QED) is 0.643. The van der Waals surface area contributed by atoms with Crippen molar-refractivity contribution in [3.63, 3.8) is 0 Å². The maximum atomic E-state index is 12.7. The summed E-state index contributed by atoms with van der Waals surface area (Å²) in [5.41, 5.74) is 1.66. The number of rotatable bonds is 1. The maximum absolute atomic E-state index is 12.7. The smallest absolute Gasteiger partial charge is 0.155 e. The van der Waals surface area contributed by atoms with Crippen LogP contribution in [0.4, 0.5) is 0 Å². The highest BCUT2D eigenvalue weighted by atomic mass is 16.1. The van der Waals surface area contributed by atoms with Crippen molar-refractivity contribution in [3.05, 3.63) is 11.6 Å². The lowest BCUT2D eigenvalue weighted by atomic mass is 9.45. The largest absolute Gasteiger partial charge is 0.299 e. The number of allylic oxidation sites excluding steroid dienone is 1. The average Bonchev–Trinajstić information content (AvgIpc) is 2.77. The van der Waals surface area contributed by atoms with Gasteiger partial charge >= 0.3 is 0 Å². The van der Waals surface area contributed by atoms with Gasteiger partial charge in [0.2, 0.25) is 0 Å². The summed E-state index contributed by atoms with van der Waals surface area (Å²) in [7, 11) is 0. The molecule has 0 unspecified atom stereocenters. The molecule has 0 saturated heterocycles. The standard InChI is InChI=1S/C23H34O2/c1-14-12-20-18-7-6-16-13-17(25)8-10-21(16,3)19(18)9-11-22(20,4)23(14,5)15(2)24/h13-14,18-20H,6-12H2,1-5H3/t14-,18-,19+,20+,21+,22+,23-/m0/s1. The predicted molar refractivity (Wildman–Crippen MR) is 100 cm³/mol. The fraction of sp³-hybridized carbons (Fsp3) is 0.826. The zero-order valence-corrected chi connectivity index (χ0v) is 16.7. The van der Waals surface area contributed by atoms with Gasteiger partial charge in [-0.15, -0.1) is 0 Å². The van der Waals surface area contributed by atoms with Crippen molar-refractivity contribution >= 4 is 11.6 Å². The van der Waals surface area contributed by atoms with Gasteiger partial charge in [-0.3, -0.25) is 9.59 Å². The molecule has 0 radical (unpaired) electrons. The molecule has 0 bridgehead atoms. The van der Waals surface area contributed by atoms with Crippen molar-refractivity contribution in [2.75, 3.05) is 0 Å². The minimum atomic E-state index is -0.164. The molecule has 3 fully saturated rings. The molecule has 138 valence electrons. The van der Waals surface area contributed by atoms with Crippen LogP contribution in [0.3, 0.4) is 0 Å². The summed E-state index contributed by atoms with van der Waals surface area (Å²) in [5.74, 6) is 3.33. The van der Waals surface area contributed by atoms with Crippen molar-refractivity contribution in [3.8, 4) is 0 Å². The Kier molecular flexibility index (Phi) is 3.71. The number of fused-ring (bicyclic) bond motifs is 5. The van der Waals surface area contributed by atoms with E-state index < -0.39 is 0 Å². The van der Waals surface area contributed by atoms with Gasteiger partial charge in [0.15, 0.2) is 5.78 Å². The van der Waals surface area contributed by atoms with Crippen LogP contribution in [-0.4, -0.2) is 11.6 Å². The van der Waals surface area contributed by atoms with Gasteiger partial charge in [-0.1, -0.05) is 33.3 Å². The number of hydrogen-bond acceptors (Lipinski definition) is 2. The minimum absolute atomic E-state index is 0.154. The lowest BCUT2D eigenvalue weighted by Crippen LogP contribution is -2.53. The van der Waals surface area contributed by atoms with Crippen LogP contribution in [0, 0.1) is 39.9 Å². The molecule has 0 aromatic heterocycles. The van der Waals surface area contributed by atoms with Gasteiger partial charge in [0, 0.05) is 11.8 Å². The van der Waals surface area contributed by atoms with E-state index in [-0.39, 0.29) is 16.2 Å². The first kappa shape index (κ1) is 17.5. The molecule has 7 atom stereocenters. The second-order valence-corrected chi connectivity index (χ2v) is 10.3. The molecule has 2 heteroatoms. The molecule has 4 rings (SSSR count). The fourth-order valence-corrected chi connectivity index (χ4v) is 7.89. The van der Waals surface area contributed by atoms with E-state index in [1.807, 2.05) is 13.0 Å². The second-order valence-electron chi connectivity index (χ2n) is 10.3. The summed E-state index contributed by atoms with van der Waals surface area (Å²) in [6.07, 6.45) is 9.70. The third-order valence-corrected chi connectivity index (χ3v) is 9.86. The van der Waals surface area contributed by atoms with Crippen LogP contribution in [0.15, 0.2) is 11.6 Å². The third kappa shape index (κ3) is 2.03. The lowest BCUT2D eigenvalue weighted by Gasteiger charge is -2.59. The topological polar surface area (TPSA) is 34.1 Å². The monoisotopic (exact) mass is 342 g/mol. The zero-order chi connectivity index (χ0) is 18.2. The molecule has 0 spiro atoms. The van der Waals surface area contributed by atoms with E-state index in [0.29, 0.717) is 29.3 Å². The lowest BCUT2D eigenvalue weighted by molar-refractivity contribution is -0.141. The second kappa shape index (κ2) is 5.30. The van der Waals surface area contributed by atoms with Gasteiger partial charge in [-0.25, -0.2) is 0 Å². The normalized spacial score (nSPS) is 52.0. The van der Waals surface area contributed by atoms with E-state index in [9.17, 15) is 9.59 Å². The van der Waals surface area contributed by atoms with Crippen LogP contribution >= 0.6 is 0 Å². The number of ketones is 2. The van der Waals surface area contributed by atoms with Gasteiger partial charge < -0.3 is 0 Å². The minimum Gasteiger partial charge on any atom is -0.299 e. The van der Waals surface area contributed by atoms with Crippen molar-refractivity contribution in [2.24, 2.45) is 39.9 Å². The number of carbonyl (C=O) groups is 2. The Balaban J connectivity index is 1.72. The summed E-state index contributed by atoms with van der Waals surface area (Å²) >= 11 is 0. The third-order valence-electron chi connectivity index (χ3n) is 9.86. The van der Waals surface area contributed by atoms with Crippen molar-refractivity contribution in [2.45, 2.75) is 79.6 Å². The Morgan fingerprint density at radius 1 is 1.08 bits per heavy atom. The molecule has 0 aromatic carbocycles. The molecule has 25 heavy (non-hydrogen) atoms. The van der Waals surface area contributed by atoms with Gasteiger partial charge in [-0.2, -0.15) is 0 Å². The predicted octanol–water partition coefficient (Wildman–Crippen LogP) is 5.36. The molecule has 0 N–H and O–H groups in total. The van der Waals surface area contributed by atoms with Crippen LogP contribution < -0.4 is 0 Å². The first-order chi connectivity index (χ1) is 11.6. The highest BCUT2D eigenvalue weighted by Gasteiger charge is 2.66. The molecule has 2 nitrogen and oxygen atoms in total. The van der Waals surface area contributed by atoms with E-state index in [1.165, 1.54) is 31.3 Å². The Morgan fingerprint density at radius 3 is 2.48 bits per heavy atom. The Bertz CT molecular complexity index is 661. The Labute approximate surface area is 152 Å². The van der Waals surface area contributed by atoms with Crippen molar-refractivity contribution < 1.29 is 9.59 Å². The van der Waals surface area contributed by atoms with Gasteiger partial charge in [0.1, 0.15) is 5.78 Å². The highest BCUT2D eigenvalue weighted by molar-refractivity contribution is 5.91. The van der Waals surface area contributed by atoms with Crippen LogP contribution in [0.1, 0.15) is 79.6 Å². The molecular formula is C23H34O2. The van der Waals surface area contributed by atoms with E-state index in [2.05, 4.69) is 27.7 Å². The Hall–Kier alpha value is -0.920. The SMILES string of the molecule is CC(=O)[C@]1(C)[C@@H](C)C[C@@H]2[C@H]3CCC4=CC(=O)CC[C@@]4(C)[C@@H]3CC[C@]21C. The number of hydrogen-bond donors (Lipinski definition) is 0. The van der Waals surface area contributed by atoms with Crippen LogP contribution in [-0.2, 0) is 9.59 Å². The van der Waals surface area contributed by atoms with Crippen LogP contribution in [0.25, 0.3) is 0 Å². The van der Waals surface area contributed by atoms with E-state index in [0.717, 1.165) is 25.2 Å². The summed E-state index contributed by atoms with van der Waals surface area (Å²) in [4.78, 5) is 24.6. The van der Waals surface area contributed by atoms with Gasteiger partial charge in [-0.05, 0) is 86.0 Å². The summed E-state index contributed by atoms with van der Waals surface area (Å²) in [5, 5.41) is 0. The fourth-order valence-electron chi connectivity index (χ4n) is 7.89. The molecule has 3 saturated carbocycles. The summed E-state index contributed by atoms with van der Waals surface area (Å²) < 4.78 is 0. The highest BCUT2D eigenvalue weighted by Crippen LogP contribution is 2.71. The van der Waals surface area contributed by atoms with E-state index in [1.54, 1.807) is 0 Å². The maximum Gasteiger partial charge on any atom is 0.155 e. The first-order valence-corrected chi connectivity index (χ1v) is 10.4. The van der Waals surface area contributed by atoms with Crippen LogP contribution in [0.5, 0.6) is 0 Å². The molecule has 4 aliphatic carbocycles. The Morgan fingerprint density at radius 2 is 1.80 bits per heavy atom. The van der Waals surface area contributed by atoms with Crippen molar-refractivity contribution in [1.29, 1.82) is 0 Å². The van der Waals surface area contributed by atoms with E-state index in [4.69, 9.17) is 0 Å².